The van der Waals surface area contributed by atoms with Gasteiger partial charge in [-0.3, -0.25) is 0 Å². The molecule has 0 fully saturated rings. The number of aliphatic hydroxyl groups excluding tert-OH is 1. The number of aromatic nitrogens is 2. The van der Waals surface area contributed by atoms with Crippen molar-refractivity contribution in [2.75, 3.05) is 6.54 Å². The van der Waals surface area contributed by atoms with Gasteiger partial charge in [0.05, 0.1) is 0 Å². The number of rotatable bonds is 3. The quantitative estimate of drug-likeness (QED) is 0.666. The lowest BCUT2D eigenvalue weighted by atomic mass is 10.3. The second kappa shape index (κ2) is 4.13. The molecule has 0 spiro atoms. The van der Waals surface area contributed by atoms with Crippen LogP contribution in [0.15, 0.2) is 12.3 Å². The molecule has 4 nitrogen and oxygen atoms in total. The lowest BCUT2D eigenvalue weighted by Gasteiger charge is -2.06. The Balaban J connectivity index is 2.86. The van der Waals surface area contributed by atoms with Gasteiger partial charge in [0.1, 0.15) is 6.10 Å². The van der Waals surface area contributed by atoms with Crippen molar-refractivity contribution in [2.45, 2.75) is 19.4 Å². The molecule has 66 valence electrons. The second-order valence-corrected chi connectivity index (χ2v) is 2.51. The van der Waals surface area contributed by atoms with Gasteiger partial charge in [0.2, 0.25) is 0 Å². The summed E-state index contributed by atoms with van der Waals surface area (Å²) in [7, 11) is 0. The number of hydrogen-bond donors (Lipinski definition) is 2. The van der Waals surface area contributed by atoms with Gasteiger partial charge in [-0.2, -0.15) is 0 Å². The Bertz CT molecular complexity index is 252. The maximum Gasteiger partial charge on any atom is 0.158 e. The topological polar surface area (TPSA) is 72.0 Å². The molecular weight excluding hydrogens is 154 g/mol. The number of aryl methyl sites for hydroxylation is 1. The van der Waals surface area contributed by atoms with Crippen molar-refractivity contribution in [3.05, 3.63) is 23.8 Å². The van der Waals surface area contributed by atoms with Crippen molar-refractivity contribution < 1.29 is 5.11 Å². The van der Waals surface area contributed by atoms with E-state index in [1.807, 2.05) is 13.0 Å². The summed E-state index contributed by atoms with van der Waals surface area (Å²) in [5.74, 6) is 0.414. The fourth-order valence-corrected chi connectivity index (χ4v) is 0.876. The minimum Gasteiger partial charge on any atom is -0.384 e. The summed E-state index contributed by atoms with van der Waals surface area (Å²) < 4.78 is 0. The molecule has 0 aliphatic heterocycles. The van der Waals surface area contributed by atoms with Crippen molar-refractivity contribution in [3.63, 3.8) is 0 Å². The lowest BCUT2D eigenvalue weighted by molar-refractivity contribution is 0.176. The summed E-state index contributed by atoms with van der Waals surface area (Å²) in [6.45, 7) is 2.16. The van der Waals surface area contributed by atoms with Gasteiger partial charge < -0.3 is 10.8 Å². The van der Waals surface area contributed by atoms with E-state index < -0.39 is 6.10 Å². The minimum absolute atomic E-state index is 0.160. The Labute approximate surface area is 71.5 Å². The van der Waals surface area contributed by atoms with Crippen molar-refractivity contribution in [1.29, 1.82) is 0 Å². The van der Waals surface area contributed by atoms with Crippen LogP contribution < -0.4 is 5.73 Å². The van der Waals surface area contributed by atoms with E-state index in [-0.39, 0.29) is 6.54 Å². The molecule has 4 heteroatoms. The third-order valence-corrected chi connectivity index (χ3v) is 1.62. The van der Waals surface area contributed by atoms with E-state index in [9.17, 15) is 5.11 Å². The largest absolute Gasteiger partial charge is 0.384 e. The molecule has 0 aromatic carbocycles. The molecule has 1 atom stereocenters. The van der Waals surface area contributed by atoms with E-state index >= 15 is 0 Å². The first-order valence-corrected chi connectivity index (χ1v) is 3.98. The average Bonchev–Trinajstić information content (AvgIpc) is 2.17. The minimum atomic E-state index is -0.739. The molecule has 1 unspecified atom stereocenters. The van der Waals surface area contributed by atoms with E-state index in [4.69, 9.17) is 5.73 Å². The molecule has 0 saturated heterocycles. The molecule has 1 rings (SSSR count). The van der Waals surface area contributed by atoms with Crippen molar-refractivity contribution in [1.82, 2.24) is 9.97 Å². The van der Waals surface area contributed by atoms with Gasteiger partial charge in [0.25, 0.3) is 0 Å². The summed E-state index contributed by atoms with van der Waals surface area (Å²) in [6.07, 6.45) is 1.74. The van der Waals surface area contributed by atoms with Gasteiger partial charge in [0.15, 0.2) is 5.82 Å². The average molecular weight is 167 g/mol. The zero-order valence-corrected chi connectivity index (χ0v) is 7.07. The molecule has 12 heavy (non-hydrogen) atoms. The Kier molecular flexibility index (Phi) is 3.13. The molecule has 1 heterocycles. The van der Waals surface area contributed by atoms with E-state index in [0.29, 0.717) is 5.82 Å². The van der Waals surface area contributed by atoms with Crippen LogP contribution in [0.5, 0.6) is 0 Å². The highest BCUT2D eigenvalue weighted by Crippen LogP contribution is 2.05. The van der Waals surface area contributed by atoms with E-state index in [2.05, 4.69) is 9.97 Å². The zero-order valence-electron chi connectivity index (χ0n) is 7.07. The van der Waals surface area contributed by atoms with Crippen LogP contribution in [-0.4, -0.2) is 21.6 Å². The first-order valence-electron chi connectivity index (χ1n) is 3.98. The summed E-state index contributed by atoms with van der Waals surface area (Å²) in [4.78, 5) is 8.04. The second-order valence-electron chi connectivity index (χ2n) is 2.51. The number of hydrogen-bond acceptors (Lipinski definition) is 4. The standard InChI is InChI=1S/C8H13N3O/c1-2-6-3-4-10-8(11-6)7(12)5-9/h3-4,7,12H,2,5,9H2,1H3. The SMILES string of the molecule is CCc1ccnc(C(O)CN)n1. The number of aliphatic hydroxyl groups is 1. The fraction of sp³-hybridized carbons (Fsp3) is 0.500. The highest BCUT2D eigenvalue weighted by Gasteiger charge is 2.07. The van der Waals surface area contributed by atoms with Crippen LogP contribution in [0, 0.1) is 0 Å². The maximum absolute atomic E-state index is 9.30. The summed E-state index contributed by atoms with van der Waals surface area (Å²) in [5.41, 5.74) is 6.19. The molecule has 0 aliphatic rings. The Morgan fingerprint density at radius 1 is 1.67 bits per heavy atom. The Morgan fingerprint density at radius 2 is 2.42 bits per heavy atom. The first kappa shape index (κ1) is 9.09. The molecule has 0 aliphatic carbocycles. The van der Waals surface area contributed by atoms with Crippen LogP contribution >= 0.6 is 0 Å². The van der Waals surface area contributed by atoms with Gasteiger partial charge in [-0.05, 0) is 12.5 Å². The van der Waals surface area contributed by atoms with Gasteiger partial charge in [-0.15, -0.1) is 0 Å². The molecule has 0 amide bonds. The Hall–Kier alpha value is -1.00. The third-order valence-electron chi connectivity index (χ3n) is 1.62. The molecular formula is C8H13N3O. The summed E-state index contributed by atoms with van der Waals surface area (Å²) in [6, 6.07) is 1.83. The number of nitrogens with two attached hydrogens (primary N) is 1. The molecule has 0 saturated carbocycles. The monoisotopic (exact) mass is 167 g/mol. The Morgan fingerprint density at radius 3 is 3.00 bits per heavy atom. The summed E-state index contributed by atoms with van der Waals surface area (Å²) >= 11 is 0. The van der Waals surface area contributed by atoms with Gasteiger partial charge >= 0.3 is 0 Å². The van der Waals surface area contributed by atoms with Crippen LogP contribution in [0.3, 0.4) is 0 Å². The predicted molar refractivity (Wildman–Crippen MR) is 45.4 cm³/mol. The van der Waals surface area contributed by atoms with Gasteiger partial charge in [0, 0.05) is 18.4 Å². The highest BCUT2D eigenvalue weighted by atomic mass is 16.3. The van der Waals surface area contributed by atoms with Crippen LogP contribution in [-0.2, 0) is 6.42 Å². The molecule has 1 aromatic rings. The molecule has 0 bridgehead atoms. The maximum atomic E-state index is 9.30. The zero-order chi connectivity index (χ0) is 8.97. The molecule has 0 radical (unpaired) electrons. The highest BCUT2D eigenvalue weighted by molar-refractivity contribution is 5.03. The first-order chi connectivity index (χ1) is 5.77. The van der Waals surface area contributed by atoms with Crippen LogP contribution in [0.25, 0.3) is 0 Å². The van der Waals surface area contributed by atoms with Crippen molar-refractivity contribution in [2.24, 2.45) is 5.73 Å². The predicted octanol–water partition coefficient (Wildman–Crippen LogP) is 0.0311. The smallest absolute Gasteiger partial charge is 0.158 e. The van der Waals surface area contributed by atoms with Crippen LogP contribution in [0.4, 0.5) is 0 Å². The fourth-order valence-electron chi connectivity index (χ4n) is 0.876. The lowest BCUT2D eigenvalue weighted by Crippen LogP contribution is -2.15. The van der Waals surface area contributed by atoms with Gasteiger partial charge in [-0.1, -0.05) is 6.92 Å². The molecule has 3 N–H and O–H groups in total. The van der Waals surface area contributed by atoms with E-state index in [0.717, 1.165) is 12.1 Å². The third kappa shape index (κ3) is 1.99. The number of nitrogens with zero attached hydrogens (tertiary/aromatic N) is 2. The van der Waals surface area contributed by atoms with Crippen molar-refractivity contribution >= 4 is 0 Å². The summed E-state index contributed by atoms with van der Waals surface area (Å²) in [5, 5.41) is 9.30. The van der Waals surface area contributed by atoms with Gasteiger partial charge in [-0.25, -0.2) is 9.97 Å². The molecule has 1 aromatic heterocycles. The van der Waals surface area contributed by atoms with E-state index in [1.54, 1.807) is 6.20 Å². The van der Waals surface area contributed by atoms with Crippen LogP contribution in [0.2, 0.25) is 0 Å². The van der Waals surface area contributed by atoms with Crippen LogP contribution in [0.1, 0.15) is 24.5 Å². The van der Waals surface area contributed by atoms with Crippen molar-refractivity contribution in [3.8, 4) is 0 Å². The normalized spacial score (nSPS) is 12.9. The van der Waals surface area contributed by atoms with E-state index in [1.165, 1.54) is 0 Å².